The Bertz CT molecular complexity index is 2870. The van der Waals surface area contributed by atoms with Crippen molar-refractivity contribution in [3.05, 3.63) is 237 Å². The monoisotopic (exact) mass is 754 g/mol. The summed E-state index contributed by atoms with van der Waals surface area (Å²) in [5, 5.41) is 0. The maximum absolute atomic E-state index is 2.47. The maximum Gasteiger partial charge on any atom is 0.252 e. The number of anilines is 12. The van der Waals surface area contributed by atoms with E-state index in [1.165, 1.54) is 39.1 Å². The number of hydrogen-bond acceptors (Lipinski definition) is 4. The fourth-order valence-corrected chi connectivity index (χ4v) is 9.12. The Morgan fingerprint density at radius 1 is 0.271 bits per heavy atom. The standard InChI is InChI=1S/C54H39BN4/c1-6-20-40(21-7-1)56(41-22-8-2-9-23-41)45-30-18-31-46(38-45)57(42-24-10-3-11-25-42)47-36-37-49-53(39-47)59(44-28-14-5-15-29-44)52-35-19-34-51-54(52)55(49)48-32-16-17-33-50(48)58(51)43-26-12-4-13-27-43/h1-39H. The molecule has 0 unspecified atom stereocenters. The van der Waals surface area contributed by atoms with Crippen LogP contribution in [0, 0.1) is 0 Å². The Balaban J connectivity index is 1.12. The molecule has 0 bridgehead atoms. The van der Waals surface area contributed by atoms with E-state index in [4.69, 9.17) is 0 Å². The first-order valence-corrected chi connectivity index (χ1v) is 20.2. The minimum absolute atomic E-state index is 0.0418. The van der Waals surface area contributed by atoms with E-state index < -0.39 is 0 Å². The van der Waals surface area contributed by atoms with Gasteiger partial charge in [-0.25, -0.2) is 0 Å². The molecule has 0 N–H and O–H groups in total. The zero-order chi connectivity index (χ0) is 39.1. The zero-order valence-corrected chi connectivity index (χ0v) is 32.4. The Labute approximate surface area is 346 Å². The first kappa shape index (κ1) is 34.5. The van der Waals surface area contributed by atoms with Crippen molar-refractivity contribution in [2.45, 2.75) is 0 Å². The molecule has 0 aliphatic carbocycles. The van der Waals surface area contributed by atoms with Crippen LogP contribution >= 0.6 is 0 Å². The van der Waals surface area contributed by atoms with Gasteiger partial charge in [0.1, 0.15) is 0 Å². The molecule has 2 aliphatic rings. The number of nitrogens with zero attached hydrogens (tertiary/aromatic N) is 4. The fourth-order valence-electron chi connectivity index (χ4n) is 9.12. The number of para-hydroxylation sites is 6. The van der Waals surface area contributed by atoms with Gasteiger partial charge in [-0.05, 0) is 126 Å². The van der Waals surface area contributed by atoms with Gasteiger partial charge in [0.15, 0.2) is 0 Å². The largest absolute Gasteiger partial charge is 0.311 e. The van der Waals surface area contributed by atoms with E-state index in [0.29, 0.717) is 0 Å². The Morgan fingerprint density at radius 3 is 1.19 bits per heavy atom. The molecular weight excluding hydrogens is 715 g/mol. The van der Waals surface area contributed by atoms with E-state index in [-0.39, 0.29) is 6.71 Å². The van der Waals surface area contributed by atoms with Crippen LogP contribution in [0.25, 0.3) is 0 Å². The van der Waals surface area contributed by atoms with E-state index >= 15 is 0 Å². The second-order valence-electron chi connectivity index (χ2n) is 15.0. The van der Waals surface area contributed by atoms with Crippen LogP contribution < -0.4 is 36.0 Å². The summed E-state index contributed by atoms with van der Waals surface area (Å²) in [6.45, 7) is 0.0418. The Morgan fingerprint density at radius 2 is 0.644 bits per heavy atom. The summed E-state index contributed by atoms with van der Waals surface area (Å²) in [6.07, 6.45) is 0. The quantitative estimate of drug-likeness (QED) is 0.143. The zero-order valence-electron chi connectivity index (χ0n) is 32.4. The number of benzene rings is 9. The summed E-state index contributed by atoms with van der Waals surface area (Å²) < 4.78 is 0. The molecule has 0 spiro atoms. The van der Waals surface area contributed by atoms with Crippen molar-refractivity contribution in [1.29, 1.82) is 0 Å². The second kappa shape index (κ2) is 14.6. The van der Waals surface area contributed by atoms with E-state index in [2.05, 4.69) is 256 Å². The molecule has 9 aromatic carbocycles. The number of hydrogen-bond donors (Lipinski definition) is 0. The average Bonchev–Trinajstić information content (AvgIpc) is 3.31. The van der Waals surface area contributed by atoms with Crippen LogP contribution in [0.3, 0.4) is 0 Å². The lowest BCUT2D eigenvalue weighted by Gasteiger charge is -2.44. The molecule has 59 heavy (non-hydrogen) atoms. The van der Waals surface area contributed by atoms with Gasteiger partial charge in [0, 0.05) is 68.2 Å². The van der Waals surface area contributed by atoms with Gasteiger partial charge in [0.2, 0.25) is 0 Å². The summed E-state index contributed by atoms with van der Waals surface area (Å²) in [5.41, 5.74) is 17.4. The van der Waals surface area contributed by atoms with Crippen LogP contribution in [0.1, 0.15) is 0 Å². The van der Waals surface area contributed by atoms with Gasteiger partial charge in [0.05, 0.1) is 0 Å². The molecule has 0 radical (unpaired) electrons. The third-order valence-corrected chi connectivity index (χ3v) is 11.6. The molecule has 4 nitrogen and oxygen atoms in total. The highest BCUT2D eigenvalue weighted by molar-refractivity contribution is 7.00. The molecule has 2 aliphatic heterocycles. The predicted octanol–water partition coefficient (Wildman–Crippen LogP) is 12.7. The van der Waals surface area contributed by atoms with Crippen LogP contribution in [-0.2, 0) is 0 Å². The topological polar surface area (TPSA) is 13.0 Å². The van der Waals surface area contributed by atoms with E-state index in [1.54, 1.807) is 0 Å². The van der Waals surface area contributed by atoms with Crippen molar-refractivity contribution in [2.75, 3.05) is 19.6 Å². The molecule has 0 fully saturated rings. The normalized spacial score (nSPS) is 12.3. The van der Waals surface area contributed by atoms with Gasteiger partial charge >= 0.3 is 0 Å². The van der Waals surface area contributed by atoms with Crippen molar-refractivity contribution >= 4 is 91.3 Å². The molecule has 0 saturated heterocycles. The molecule has 0 amide bonds. The molecule has 9 aromatic rings. The third kappa shape index (κ3) is 5.95. The van der Waals surface area contributed by atoms with Crippen molar-refractivity contribution in [2.24, 2.45) is 0 Å². The van der Waals surface area contributed by atoms with Crippen LogP contribution in [0.5, 0.6) is 0 Å². The minimum Gasteiger partial charge on any atom is -0.311 e. The highest BCUT2D eigenvalue weighted by atomic mass is 15.2. The Kier molecular flexibility index (Phi) is 8.56. The van der Waals surface area contributed by atoms with Gasteiger partial charge in [-0.1, -0.05) is 127 Å². The second-order valence-corrected chi connectivity index (χ2v) is 15.0. The maximum atomic E-state index is 2.47. The lowest BCUT2D eigenvalue weighted by atomic mass is 9.33. The van der Waals surface area contributed by atoms with Crippen molar-refractivity contribution in [3.63, 3.8) is 0 Å². The molecule has 0 atom stereocenters. The highest BCUT2D eigenvalue weighted by Gasteiger charge is 2.43. The van der Waals surface area contributed by atoms with Gasteiger partial charge in [0.25, 0.3) is 6.71 Å². The van der Waals surface area contributed by atoms with Gasteiger partial charge in [-0.2, -0.15) is 0 Å². The summed E-state index contributed by atoms with van der Waals surface area (Å²) in [7, 11) is 0. The predicted molar refractivity (Wildman–Crippen MR) is 250 cm³/mol. The highest BCUT2D eigenvalue weighted by Crippen LogP contribution is 2.46. The van der Waals surface area contributed by atoms with Crippen LogP contribution in [-0.4, -0.2) is 6.71 Å². The first-order chi connectivity index (χ1) is 29.3. The first-order valence-electron chi connectivity index (χ1n) is 20.2. The minimum atomic E-state index is 0.0418. The summed E-state index contributed by atoms with van der Waals surface area (Å²) in [5.74, 6) is 0. The van der Waals surface area contributed by atoms with Crippen molar-refractivity contribution in [3.8, 4) is 0 Å². The number of fused-ring (bicyclic) bond motifs is 4. The number of rotatable bonds is 8. The molecule has 0 aromatic heterocycles. The molecule has 11 rings (SSSR count). The van der Waals surface area contributed by atoms with E-state index in [0.717, 1.165) is 45.5 Å². The fraction of sp³-hybridized carbons (Fsp3) is 0. The Hall–Kier alpha value is -7.76. The lowest BCUT2D eigenvalue weighted by Crippen LogP contribution is -2.61. The third-order valence-electron chi connectivity index (χ3n) is 11.6. The summed E-state index contributed by atoms with van der Waals surface area (Å²) >= 11 is 0. The molecule has 2 heterocycles. The van der Waals surface area contributed by atoms with Crippen LogP contribution in [0.15, 0.2) is 237 Å². The van der Waals surface area contributed by atoms with Crippen LogP contribution in [0.4, 0.5) is 68.2 Å². The van der Waals surface area contributed by atoms with Gasteiger partial charge in [-0.15, -0.1) is 0 Å². The molecular formula is C54H39BN4. The smallest absolute Gasteiger partial charge is 0.252 e. The van der Waals surface area contributed by atoms with Gasteiger partial charge < -0.3 is 19.6 Å². The SMILES string of the molecule is c1ccc(N(c2ccccc2)c2cccc(N(c3ccccc3)c3ccc4c(c3)N(c3ccccc3)c3cccc5c3B4c3ccccc3N5c3ccccc3)c2)cc1. The summed E-state index contributed by atoms with van der Waals surface area (Å²) in [4.78, 5) is 9.62. The molecule has 278 valence electrons. The average molecular weight is 755 g/mol. The summed E-state index contributed by atoms with van der Waals surface area (Å²) in [6, 6.07) is 85.2. The van der Waals surface area contributed by atoms with Crippen LogP contribution in [0.2, 0.25) is 0 Å². The van der Waals surface area contributed by atoms with E-state index in [9.17, 15) is 0 Å². The van der Waals surface area contributed by atoms with Crippen molar-refractivity contribution < 1.29 is 0 Å². The lowest BCUT2D eigenvalue weighted by molar-refractivity contribution is 1.23. The van der Waals surface area contributed by atoms with Gasteiger partial charge in [-0.3, -0.25) is 0 Å². The molecule has 5 heteroatoms. The molecule has 0 saturated carbocycles. The van der Waals surface area contributed by atoms with Crippen molar-refractivity contribution in [1.82, 2.24) is 0 Å². The van der Waals surface area contributed by atoms with E-state index in [1.807, 2.05) is 0 Å².